The van der Waals surface area contributed by atoms with Gasteiger partial charge < -0.3 is 9.32 Å². The molecule has 1 unspecified atom stereocenters. The first-order valence-electron chi connectivity index (χ1n) is 5.53. The standard InChI is InChI=1S/C11H14N4O2/c1-8-2-3-10(17-8)7-15-6-9(4-11(15)16)5-13-14-12/h2-3,9H,4-7H2,1H3. The molecule has 0 saturated carbocycles. The zero-order valence-corrected chi connectivity index (χ0v) is 9.67. The Hall–Kier alpha value is -1.94. The maximum absolute atomic E-state index is 11.7. The molecule has 6 nitrogen and oxygen atoms in total. The maximum Gasteiger partial charge on any atom is 0.223 e. The van der Waals surface area contributed by atoms with E-state index in [-0.39, 0.29) is 11.8 Å². The lowest BCUT2D eigenvalue weighted by Gasteiger charge is -2.14. The van der Waals surface area contributed by atoms with E-state index in [2.05, 4.69) is 10.0 Å². The monoisotopic (exact) mass is 234 g/mol. The lowest BCUT2D eigenvalue weighted by Crippen LogP contribution is -2.24. The first-order chi connectivity index (χ1) is 8.19. The number of nitrogens with zero attached hydrogens (tertiary/aromatic N) is 4. The minimum Gasteiger partial charge on any atom is -0.464 e. The van der Waals surface area contributed by atoms with Crippen LogP contribution in [-0.2, 0) is 11.3 Å². The molecule has 0 radical (unpaired) electrons. The summed E-state index contributed by atoms with van der Waals surface area (Å²) in [6, 6.07) is 3.76. The SMILES string of the molecule is Cc1ccc(CN2CC(CN=[N+]=[N-])CC2=O)o1. The summed E-state index contributed by atoms with van der Waals surface area (Å²) >= 11 is 0. The molecule has 1 aliphatic heterocycles. The molecule has 0 N–H and O–H groups in total. The fourth-order valence-corrected chi connectivity index (χ4v) is 2.04. The molecule has 2 rings (SSSR count). The van der Waals surface area contributed by atoms with Gasteiger partial charge in [0.05, 0.1) is 6.54 Å². The highest BCUT2D eigenvalue weighted by Gasteiger charge is 2.29. The van der Waals surface area contributed by atoms with Crippen molar-refractivity contribution < 1.29 is 9.21 Å². The van der Waals surface area contributed by atoms with E-state index in [1.54, 1.807) is 4.90 Å². The summed E-state index contributed by atoms with van der Waals surface area (Å²) in [5.41, 5.74) is 8.24. The lowest BCUT2D eigenvalue weighted by molar-refractivity contribution is -0.128. The number of rotatable bonds is 4. The van der Waals surface area contributed by atoms with Crippen LogP contribution in [0.5, 0.6) is 0 Å². The summed E-state index contributed by atoms with van der Waals surface area (Å²) in [4.78, 5) is 16.2. The van der Waals surface area contributed by atoms with E-state index in [0.29, 0.717) is 26.1 Å². The van der Waals surface area contributed by atoms with Gasteiger partial charge >= 0.3 is 0 Å². The molecular weight excluding hydrogens is 220 g/mol. The van der Waals surface area contributed by atoms with Crippen molar-refractivity contribution >= 4 is 5.91 Å². The number of carbonyl (C=O) groups excluding carboxylic acids is 1. The average Bonchev–Trinajstić information content (AvgIpc) is 2.84. The Morgan fingerprint density at radius 1 is 1.65 bits per heavy atom. The van der Waals surface area contributed by atoms with E-state index in [9.17, 15) is 4.79 Å². The van der Waals surface area contributed by atoms with Crippen molar-refractivity contribution in [1.82, 2.24) is 4.90 Å². The van der Waals surface area contributed by atoms with Crippen LogP contribution in [0.2, 0.25) is 0 Å². The molecule has 1 saturated heterocycles. The van der Waals surface area contributed by atoms with Crippen molar-refractivity contribution in [2.75, 3.05) is 13.1 Å². The van der Waals surface area contributed by atoms with E-state index in [1.807, 2.05) is 19.1 Å². The number of carbonyl (C=O) groups is 1. The van der Waals surface area contributed by atoms with Crippen molar-refractivity contribution in [3.63, 3.8) is 0 Å². The molecule has 1 atom stereocenters. The zero-order chi connectivity index (χ0) is 12.3. The van der Waals surface area contributed by atoms with Gasteiger partial charge in [0, 0.05) is 24.4 Å². The van der Waals surface area contributed by atoms with Crippen LogP contribution in [0.3, 0.4) is 0 Å². The van der Waals surface area contributed by atoms with Crippen molar-refractivity contribution in [2.24, 2.45) is 11.0 Å². The predicted octanol–water partition coefficient (Wildman–Crippen LogP) is 2.25. The highest BCUT2D eigenvalue weighted by molar-refractivity contribution is 5.78. The highest BCUT2D eigenvalue weighted by atomic mass is 16.3. The number of hydrogen-bond acceptors (Lipinski definition) is 3. The largest absolute Gasteiger partial charge is 0.464 e. The van der Waals surface area contributed by atoms with Gasteiger partial charge in [-0.25, -0.2) is 0 Å². The van der Waals surface area contributed by atoms with Gasteiger partial charge in [-0.2, -0.15) is 0 Å². The Morgan fingerprint density at radius 3 is 3.12 bits per heavy atom. The predicted molar refractivity (Wildman–Crippen MR) is 61.0 cm³/mol. The topological polar surface area (TPSA) is 82.2 Å². The summed E-state index contributed by atoms with van der Waals surface area (Å²) in [5, 5.41) is 3.51. The van der Waals surface area contributed by atoms with Gasteiger partial charge in [-0.15, -0.1) is 0 Å². The molecule has 6 heteroatoms. The third-order valence-corrected chi connectivity index (χ3v) is 2.84. The van der Waals surface area contributed by atoms with E-state index >= 15 is 0 Å². The first-order valence-corrected chi connectivity index (χ1v) is 5.53. The molecule has 2 heterocycles. The van der Waals surface area contributed by atoms with Crippen LogP contribution in [0.15, 0.2) is 21.7 Å². The Bertz CT molecular complexity index is 462. The number of amides is 1. The highest BCUT2D eigenvalue weighted by Crippen LogP contribution is 2.21. The van der Waals surface area contributed by atoms with Crippen LogP contribution < -0.4 is 0 Å². The fourth-order valence-electron chi connectivity index (χ4n) is 2.04. The summed E-state index contributed by atoms with van der Waals surface area (Å²) in [5.74, 6) is 1.87. The van der Waals surface area contributed by atoms with Crippen LogP contribution in [-0.4, -0.2) is 23.9 Å². The molecule has 17 heavy (non-hydrogen) atoms. The van der Waals surface area contributed by atoms with Crippen LogP contribution in [0, 0.1) is 12.8 Å². The molecule has 90 valence electrons. The smallest absolute Gasteiger partial charge is 0.223 e. The van der Waals surface area contributed by atoms with Crippen molar-refractivity contribution in [1.29, 1.82) is 0 Å². The molecular formula is C11H14N4O2. The number of likely N-dealkylation sites (tertiary alicyclic amines) is 1. The van der Waals surface area contributed by atoms with Gasteiger partial charge in [0.1, 0.15) is 11.5 Å². The summed E-state index contributed by atoms with van der Waals surface area (Å²) < 4.78 is 5.43. The molecule has 0 spiro atoms. The molecule has 1 aromatic rings. The Kier molecular flexibility index (Phi) is 3.35. The normalized spacial score (nSPS) is 19.5. The molecule has 1 fully saturated rings. The van der Waals surface area contributed by atoms with E-state index in [0.717, 1.165) is 11.5 Å². The van der Waals surface area contributed by atoms with Crippen LogP contribution in [0.25, 0.3) is 10.4 Å². The van der Waals surface area contributed by atoms with Gasteiger partial charge in [-0.3, -0.25) is 4.79 Å². The average molecular weight is 234 g/mol. The quantitative estimate of drug-likeness (QED) is 0.454. The van der Waals surface area contributed by atoms with E-state index in [1.165, 1.54) is 0 Å². The molecule has 0 aliphatic carbocycles. The second-order valence-corrected chi connectivity index (χ2v) is 4.27. The van der Waals surface area contributed by atoms with Gasteiger partial charge in [-0.05, 0) is 30.5 Å². The molecule has 0 bridgehead atoms. The zero-order valence-electron chi connectivity index (χ0n) is 9.67. The Balaban J connectivity index is 1.94. The number of azide groups is 1. The van der Waals surface area contributed by atoms with Gasteiger partial charge in [-0.1, -0.05) is 5.11 Å². The van der Waals surface area contributed by atoms with Gasteiger partial charge in [0.15, 0.2) is 0 Å². The maximum atomic E-state index is 11.7. The van der Waals surface area contributed by atoms with Gasteiger partial charge in [0.25, 0.3) is 0 Å². The summed E-state index contributed by atoms with van der Waals surface area (Å²) in [6.45, 7) is 3.40. The summed E-state index contributed by atoms with van der Waals surface area (Å²) in [6.07, 6.45) is 0.457. The van der Waals surface area contributed by atoms with E-state index < -0.39 is 0 Å². The first kappa shape index (κ1) is 11.5. The molecule has 1 aliphatic rings. The fraction of sp³-hybridized carbons (Fsp3) is 0.545. The number of aryl methyl sites for hydroxylation is 1. The number of hydrogen-bond donors (Lipinski definition) is 0. The lowest BCUT2D eigenvalue weighted by atomic mass is 10.1. The van der Waals surface area contributed by atoms with Crippen molar-refractivity contribution in [3.8, 4) is 0 Å². The number of furan rings is 1. The third kappa shape index (κ3) is 2.79. The molecule has 0 aromatic carbocycles. The Morgan fingerprint density at radius 2 is 2.47 bits per heavy atom. The van der Waals surface area contributed by atoms with E-state index in [4.69, 9.17) is 9.95 Å². The minimum atomic E-state index is 0.0946. The Labute approximate surface area is 98.8 Å². The second-order valence-electron chi connectivity index (χ2n) is 4.27. The molecule has 1 aromatic heterocycles. The third-order valence-electron chi connectivity index (χ3n) is 2.84. The van der Waals surface area contributed by atoms with Crippen molar-refractivity contribution in [3.05, 3.63) is 34.1 Å². The van der Waals surface area contributed by atoms with Gasteiger partial charge in [0.2, 0.25) is 5.91 Å². The van der Waals surface area contributed by atoms with Crippen LogP contribution >= 0.6 is 0 Å². The van der Waals surface area contributed by atoms with Crippen molar-refractivity contribution in [2.45, 2.75) is 19.9 Å². The van der Waals surface area contributed by atoms with Crippen LogP contribution in [0.4, 0.5) is 0 Å². The second kappa shape index (κ2) is 4.93. The van der Waals surface area contributed by atoms with Crippen LogP contribution in [0.1, 0.15) is 17.9 Å². The molecule has 1 amide bonds. The minimum absolute atomic E-state index is 0.0946. The summed E-state index contributed by atoms with van der Waals surface area (Å²) in [7, 11) is 0.